The van der Waals surface area contributed by atoms with Crippen LogP contribution < -0.4 is 10.6 Å². The molecule has 2 aliphatic heterocycles. The Balaban J connectivity index is 1.19. The Labute approximate surface area is 221 Å². The fourth-order valence-electron chi connectivity index (χ4n) is 5.57. The van der Waals surface area contributed by atoms with E-state index in [4.69, 9.17) is 0 Å². The van der Waals surface area contributed by atoms with Gasteiger partial charge in [-0.15, -0.1) is 5.10 Å². The fraction of sp³-hybridized carbons (Fsp3) is 0.462. The number of carbonyl (C=O) groups excluding carboxylic acids is 1. The lowest BCUT2D eigenvalue weighted by Gasteiger charge is -2.35. The summed E-state index contributed by atoms with van der Waals surface area (Å²) in [5.74, 6) is 0.563. The van der Waals surface area contributed by atoms with E-state index in [9.17, 15) is 17.6 Å². The highest BCUT2D eigenvalue weighted by molar-refractivity contribution is 7.91. The SMILES string of the molecule is Cn1nnnc1-c1cccc(NC(=O)N[C@@H]2CS(=O)(=O)C[C@@H]2CN2CCC[C@@H](Cc3ccc(F)cc3)C2)c1. The molecular weight excluding hydrogens is 509 g/mol. The van der Waals surface area contributed by atoms with Crippen LogP contribution in [0.4, 0.5) is 14.9 Å². The van der Waals surface area contributed by atoms with Crippen LogP contribution in [0.1, 0.15) is 18.4 Å². The zero-order chi connectivity index (χ0) is 26.7. The van der Waals surface area contributed by atoms with Gasteiger partial charge in [0.25, 0.3) is 0 Å². The molecule has 0 aliphatic carbocycles. The quantitative estimate of drug-likeness (QED) is 0.471. The zero-order valence-corrected chi connectivity index (χ0v) is 22.1. The van der Waals surface area contributed by atoms with E-state index >= 15 is 0 Å². The molecule has 0 unspecified atom stereocenters. The van der Waals surface area contributed by atoms with E-state index in [2.05, 4.69) is 31.1 Å². The van der Waals surface area contributed by atoms with Crippen molar-refractivity contribution in [3.05, 3.63) is 59.9 Å². The molecule has 2 aliphatic rings. The van der Waals surface area contributed by atoms with Crippen molar-refractivity contribution in [2.24, 2.45) is 18.9 Å². The highest BCUT2D eigenvalue weighted by Gasteiger charge is 2.40. The Hall–Kier alpha value is -3.38. The van der Waals surface area contributed by atoms with Crippen molar-refractivity contribution in [3.8, 4) is 11.4 Å². The number of sulfone groups is 1. The molecule has 2 N–H and O–H groups in total. The Morgan fingerprint density at radius 2 is 1.97 bits per heavy atom. The number of likely N-dealkylation sites (tertiary alicyclic amines) is 1. The van der Waals surface area contributed by atoms with Crippen LogP contribution in [0.2, 0.25) is 0 Å². The van der Waals surface area contributed by atoms with Gasteiger partial charge in [0, 0.05) is 43.3 Å². The van der Waals surface area contributed by atoms with Gasteiger partial charge in [-0.05, 0) is 72.0 Å². The predicted octanol–water partition coefficient (Wildman–Crippen LogP) is 2.51. The van der Waals surface area contributed by atoms with Gasteiger partial charge in [0.2, 0.25) is 0 Å². The molecule has 2 saturated heterocycles. The first-order valence-corrected chi connectivity index (χ1v) is 14.6. The van der Waals surface area contributed by atoms with Crippen molar-refractivity contribution >= 4 is 21.6 Å². The van der Waals surface area contributed by atoms with E-state index in [1.807, 2.05) is 18.2 Å². The summed E-state index contributed by atoms with van der Waals surface area (Å²) in [6.07, 6.45) is 2.99. The first-order chi connectivity index (χ1) is 18.2. The number of rotatable bonds is 7. The van der Waals surface area contributed by atoms with Gasteiger partial charge in [-0.1, -0.05) is 24.3 Å². The van der Waals surface area contributed by atoms with Gasteiger partial charge in [0.05, 0.1) is 11.5 Å². The Kier molecular flexibility index (Phi) is 7.70. The maximum atomic E-state index is 13.3. The van der Waals surface area contributed by atoms with E-state index in [0.29, 0.717) is 24.0 Å². The van der Waals surface area contributed by atoms with Crippen molar-refractivity contribution in [1.29, 1.82) is 0 Å². The molecule has 0 bridgehead atoms. The molecule has 5 rings (SSSR count). The molecule has 0 spiro atoms. The van der Waals surface area contributed by atoms with E-state index in [1.54, 1.807) is 25.2 Å². The summed E-state index contributed by atoms with van der Waals surface area (Å²) < 4.78 is 39.9. The minimum Gasteiger partial charge on any atom is -0.334 e. The monoisotopic (exact) mass is 541 g/mol. The number of carbonyl (C=O) groups is 1. The molecule has 2 aromatic carbocycles. The van der Waals surface area contributed by atoms with Gasteiger partial charge in [0.15, 0.2) is 15.7 Å². The van der Waals surface area contributed by atoms with Gasteiger partial charge in [-0.25, -0.2) is 22.3 Å². The van der Waals surface area contributed by atoms with Crippen molar-refractivity contribution in [2.45, 2.75) is 25.3 Å². The second-order valence-electron chi connectivity index (χ2n) is 10.3. The Morgan fingerprint density at radius 3 is 2.74 bits per heavy atom. The number of amides is 2. The number of tetrazole rings is 1. The van der Waals surface area contributed by atoms with Gasteiger partial charge in [-0.3, -0.25) is 0 Å². The lowest BCUT2D eigenvalue weighted by Crippen LogP contribution is -2.47. The molecule has 3 heterocycles. The molecule has 1 aromatic heterocycles. The largest absolute Gasteiger partial charge is 0.334 e. The maximum Gasteiger partial charge on any atom is 0.319 e. The maximum absolute atomic E-state index is 13.3. The number of urea groups is 1. The number of anilines is 1. The van der Waals surface area contributed by atoms with E-state index < -0.39 is 21.9 Å². The van der Waals surface area contributed by atoms with Crippen LogP contribution in [0.5, 0.6) is 0 Å². The fourth-order valence-corrected chi connectivity index (χ4v) is 7.60. The number of hydrogen-bond acceptors (Lipinski definition) is 7. The number of aryl methyl sites for hydroxylation is 1. The summed E-state index contributed by atoms with van der Waals surface area (Å²) in [5.41, 5.74) is 2.41. The summed E-state index contributed by atoms with van der Waals surface area (Å²) in [5, 5.41) is 17.2. The smallest absolute Gasteiger partial charge is 0.319 e. The Morgan fingerprint density at radius 1 is 1.16 bits per heavy atom. The van der Waals surface area contributed by atoms with E-state index in [0.717, 1.165) is 43.5 Å². The lowest BCUT2D eigenvalue weighted by atomic mass is 9.90. The van der Waals surface area contributed by atoms with Crippen LogP contribution in [0.15, 0.2) is 48.5 Å². The second kappa shape index (κ2) is 11.2. The van der Waals surface area contributed by atoms with Crippen molar-refractivity contribution in [1.82, 2.24) is 30.4 Å². The predicted molar refractivity (Wildman–Crippen MR) is 142 cm³/mol. The van der Waals surface area contributed by atoms with Crippen molar-refractivity contribution < 1.29 is 17.6 Å². The average molecular weight is 542 g/mol. The minimum absolute atomic E-state index is 0.0612. The second-order valence-corrected chi connectivity index (χ2v) is 12.5. The van der Waals surface area contributed by atoms with Gasteiger partial charge < -0.3 is 15.5 Å². The third kappa shape index (κ3) is 6.54. The van der Waals surface area contributed by atoms with E-state index in [1.165, 1.54) is 16.8 Å². The molecule has 0 radical (unpaired) electrons. The first-order valence-electron chi connectivity index (χ1n) is 12.8. The summed E-state index contributed by atoms with van der Waals surface area (Å²) in [6, 6.07) is 12.9. The highest BCUT2D eigenvalue weighted by atomic mass is 32.2. The highest BCUT2D eigenvalue weighted by Crippen LogP contribution is 2.26. The number of aromatic nitrogens is 4. The molecule has 12 heteroatoms. The van der Waals surface area contributed by atoms with Gasteiger partial charge in [-0.2, -0.15) is 0 Å². The molecule has 3 aromatic rings. The average Bonchev–Trinajstić information content (AvgIpc) is 3.42. The molecule has 38 heavy (non-hydrogen) atoms. The van der Waals surface area contributed by atoms with Gasteiger partial charge in [0.1, 0.15) is 5.82 Å². The van der Waals surface area contributed by atoms with Gasteiger partial charge >= 0.3 is 6.03 Å². The third-order valence-electron chi connectivity index (χ3n) is 7.32. The first kappa shape index (κ1) is 26.2. The topological polar surface area (TPSA) is 122 Å². The number of nitrogens with zero attached hydrogens (tertiary/aromatic N) is 5. The summed E-state index contributed by atoms with van der Waals surface area (Å²) in [6.45, 7) is 2.37. The van der Waals surface area contributed by atoms with Crippen LogP contribution in [-0.4, -0.2) is 76.7 Å². The van der Waals surface area contributed by atoms with Crippen LogP contribution in [0, 0.1) is 17.7 Å². The number of nitrogens with one attached hydrogen (secondary N) is 2. The normalized spacial score (nSPS) is 23.3. The molecule has 2 fully saturated rings. The van der Waals surface area contributed by atoms with Crippen LogP contribution in [0.3, 0.4) is 0 Å². The van der Waals surface area contributed by atoms with Crippen LogP contribution in [0.25, 0.3) is 11.4 Å². The zero-order valence-electron chi connectivity index (χ0n) is 21.3. The molecule has 2 amide bonds. The number of halogens is 1. The molecule has 10 nitrogen and oxygen atoms in total. The number of piperidine rings is 1. The Bertz CT molecular complexity index is 1380. The standard InChI is InChI=1S/C26H32FN7O3S/c1-33-25(30-31-32-33)20-5-2-6-23(13-20)28-26(35)29-24-17-38(36,37)16-21(24)15-34-11-3-4-19(14-34)12-18-7-9-22(27)10-8-18/h2,5-10,13,19,21,24H,3-4,11-12,14-17H2,1H3,(H2,28,29,35)/t19-,21-,24+/m0/s1. The number of hydrogen-bond donors (Lipinski definition) is 2. The summed E-state index contributed by atoms with van der Waals surface area (Å²) >= 11 is 0. The number of benzene rings is 2. The molecule has 3 atom stereocenters. The van der Waals surface area contributed by atoms with E-state index in [-0.39, 0.29) is 23.2 Å². The summed E-state index contributed by atoms with van der Waals surface area (Å²) in [7, 11) is -1.52. The third-order valence-corrected chi connectivity index (χ3v) is 9.12. The van der Waals surface area contributed by atoms with Crippen LogP contribution in [-0.2, 0) is 23.3 Å². The summed E-state index contributed by atoms with van der Waals surface area (Å²) in [4.78, 5) is 15.2. The van der Waals surface area contributed by atoms with Crippen molar-refractivity contribution in [3.63, 3.8) is 0 Å². The molecule has 202 valence electrons. The van der Waals surface area contributed by atoms with Crippen molar-refractivity contribution in [2.75, 3.05) is 36.5 Å². The molecular formula is C26H32FN7O3S. The van der Waals surface area contributed by atoms with Crippen LogP contribution >= 0.6 is 0 Å². The minimum atomic E-state index is -3.25. The lowest BCUT2D eigenvalue weighted by molar-refractivity contribution is 0.148. The molecule has 0 saturated carbocycles.